The van der Waals surface area contributed by atoms with Crippen LogP contribution in [0.25, 0.3) is 0 Å². The van der Waals surface area contributed by atoms with E-state index in [-0.39, 0.29) is 0 Å². The maximum atomic E-state index is 4.43. The second kappa shape index (κ2) is 6.47. The Morgan fingerprint density at radius 1 is 1.33 bits per heavy atom. The number of nitrogens with one attached hydrogen (secondary N) is 1. The first-order valence-corrected chi connectivity index (χ1v) is 6.94. The molecule has 0 aliphatic rings. The fourth-order valence-electron chi connectivity index (χ4n) is 1.72. The largest absolute Gasteiger partial charge is 0.336 e. The monoisotopic (exact) mass is 262 g/mol. The highest BCUT2D eigenvalue weighted by Gasteiger charge is 2.08. The Balaban J connectivity index is 2.07. The first-order valence-electron chi connectivity index (χ1n) is 6.06. The zero-order valence-electron chi connectivity index (χ0n) is 10.8. The van der Waals surface area contributed by atoms with E-state index in [1.807, 2.05) is 19.4 Å². The molecule has 0 unspecified atom stereocenters. The Labute approximate surface area is 112 Å². The summed E-state index contributed by atoms with van der Waals surface area (Å²) in [6.45, 7) is 4.71. The number of hydrogen-bond donors (Lipinski definition) is 1. The smallest absolute Gasteiger partial charge is 0.225 e. The lowest BCUT2D eigenvalue weighted by atomic mass is 10.3. The van der Waals surface area contributed by atoms with Crippen molar-refractivity contribution < 1.29 is 0 Å². The molecule has 0 amide bonds. The molecule has 2 heterocycles. The van der Waals surface area contributed by atoms with Crippen molar-refractivity contribution >= 4 is 17.3 Å². The molecule has 2 aromatic rings. The van der Waals surface area contributed by atoms with Gasteiger partial charge in [0.1, 0.15) is 0 Å². The highest BCUT2D eigenvalue weighted by Crippen LogP contribution is 2.15. The summed E-state index contributed by atoms with van der Waals surface area (Å²) in [5.41, 5.74) is 1.11. The van der Waals surface area contributed by atoms with Crippen LogP contribution in [0.1, 0.15) is 17.4 Å². The molecule has 4 nitrogen and oxygen atoms in total. The number of thiophene rings is 1. The van der Waals surface area contributed by atoms with Gasteiger partial charge in [0.05, 0.1) is 6.54 Å². The van der Waals surface area contributed by atoms with Crippen LogP contribution in [-0.2, 0) is 13.1 Å². The van der Waals surface area contributed by atoms with Gasteiger partial charge in [-0.05, 0) is 25.4 Å². The Hall–Kier alpha value is -1.46. The molecular formula is C13H18N4S. The predicted molar refractivity (Wildman–Crippen MR) is 75.8 cm³/mol. The summed E-state index contributed by atoms with van der Waals surface area (Å²) in [6, 6.07) is 4.22. The van der Waals surface area contributed by atoms with Gasteiger partial charge in [0.2, 0.25) is 5.95 Å². The second-order valence-corrected chi connectivity index (χ2v) is 5.05. The molecular weight excluding hydrogens is 244 g/mol. The minimum Gasteiger partial charge on any atom is -0.336 e. The molecule has 0 fully saturated rings. The summed E-state index contributed by atoms with van der Waals surface area (Å²) in [6.07, 6.45) is 3.77. The van der Waals surface area contributed by atoms with Crippen molar-refractivity contribution in [3.63, 3.8) is 0 Å². The Morgan fingerprint density at radius 2 is 2.11 bits per heavy atom. The normalized spacial score (nSPS) is 10.6. The fraction of sp³-hybridized carbons (Fsp3) is 0.385. The molecule has 18 heavy (non-hydrogen) atoms. The molecule has 0 bridgehead atoms. The van der Waals surface area contributed by atoms with Crippen LogP contribution in [0.15, 0.2) is 29.9 Å². The minimum absolute atomic E-state index is 0.797. The van der Waals surface area contributed by atoms with Gasteiger partial charge in [0, 0.05) is 35.9 Å². The molecule has 0 atom stereocenters. The summed E-state index contributed by atoms with van der Waals surface area (Å²) in [4.78, 5) is 12.4. The maximum Gasteiger partial charge on any atom is 0.225 e. The van der Waals surface area contributed by atoms with Crippen LogP contribution < -0.4 is 10.2 Å². The maximum absolute atomic E-state index is 4.43. The van der Waals surface area contributed by atoms with Gasteiger partial charge in [-0.15, -0.1) is 11.3 Å². The SMILES string of the molecule is CCN(Cc1cccs1)c1ncc(CNC)cn1. The number of aromatic nitrogens is 2. The standard InChI is InChI=1S/C13H18N4S/c1-3-17(10-12-5-4-6-18-12)13-15-8-11(7-14-2)9-16-13/h4-6,8-9,14H,3,7,10H2,1-2H3. The van der Waals surface area contributed by atoms with E-state index in [2.05, 4.69) is 44.6 Å². The third kappa shape index (κ3) is 3.27. The number of hydrogen-bond acceptors (Lipinski definition) is 5. The predicted octanol–water partition coefficient (Wildman–Crippen LogP) is 2.28. The number of anilines is 1. The molecule has 0 aliphatic heterocycles. The molecule has 0 radical (unpaired) electrons. The van der Waals surface area contributed by atoms with Crippen LogP contribution in [0, 0.1) is 0 Å². The van der Waals surface area contributed by atoms with Crippen LogP contribution in [0.5, 0.6) is 0 Å². The molecule has 1 N–H and O–H groups in total. The van der Waals surface area contributed by atoms with Crippen LogP contribution in [0.4, 0.5) is 5.95 Å². The van der Waals surface area contributed by atoms with E-state index in [0.717, 1.165) is 31.1 Å². The van der Waals surface area contributed by atoms with E-state index in [9.17, 15) is 0 Å². The zero-order chi connectivity index (χ0) is 12.8. The van der Waals surface area contributed by atoms with E-state index >= 15 is 0 Å². The third-order valence-electron chi connectivity index (χ3n) is 2.66. The van der Waals surface area contributed by atoms with E-state index < -0.39 is 0 Å². The average Bonchev–Trinajstić information content (AvgIpc) is 2.90. The zero-order valence-corrected chi connectivity index (χ0v) is 11.6. The molecule has 0 saturated heterocycles. The van der Waals surface area contributed by atoms with Crippen LogP contribution in [-0.4, -0.2) is 23.6 Å². The van der Waals surface area contributed by atoms with E-state index in [1.54, 1.807) is 11.3 Å². The van der Waals surface area contributed by atoms with Crippen molar-refractivity contribution in [3.8, 4) is 0 Å². The topological polar surface area (TPSA) is 41.1 Å². The molecule has 5 heteroatoms. The first-order chi connectivity index (χ1) is 8.83. The molecule has 2 rings (SSSR count). The van der Waals surface area contributed by atoms with Crippen molar-refractivity contribution in [2.75, 3.05) is 18.5 Å². The van der Waals surface area contributed by atoms with E-state index in [0.29, 0.717) is 0 Å². The molecule has 2 aromatic heterocycles. The van der Waals surface area contributed by atoms with Gasteiger partial charge in [-0.3, -0.25) is 0 Å². The van der Waals surface area contributed by atoms with Crippen molar-refractivity contribution in [2.45, 2.75) is 20.0 Å². The van der Waals surface area contributed by atoms with Gasteiger partial charge in [0.25, 0.3) is 0 Å². The summed E-state index contributed by atoms with van der Waals surface area (Å²) in [5, 5.41) is 5.19. The lowest BCUT2D eigenvalue weighted by Gasteiger charge is -2.19. The average molecular weight is 262 g/mol. The van der Waals surface area contributed by atoms with E-state index in [4.69, 9.17) is 0 Å². The molecule has 0 spiro atoms. The number of nitrogens with zero attached hydrogens (tertiary/aromatic N) is 3. The summed E-state index contributed by atoms with van der Waals surface area (Å²) >= 11 is 1.77. The van der Waals surface area contributed by atoms with Gasteiger partial charge >= 0.3 is 0 Å². The van der Waals surface area contributed by atoms with E-state index in [1.165, 1.54) is 4.88 Å². The first kappa shape index (κ1) is 13.0. The van der Waals surface area contributed by atoms with Crippen LogP contribution in [0.2, 0.25) is 0 Å². The highest BCUT2D eigenvalue weighted by atomic mass is 32.1. The van der Waals surface area contributed by atoms with Gasteiger partial charge < -0.3 is 10.2 Å². The van der Waals surface area contributed by atoms with Crippen molar-refractivity contribution in [3.05, 3.63) is 40.3 Å². The van der Waals surface area contributed by atoms with Crippen LogP contribution >= 0.6 is 11.3 Å². The summed E-state index contributed by atoms with van der Waals surface area (Å²) in [5.74, 6) is 0.797. The fourth-order valence-corrected chi connectivity index (χ4v) is 2.44. The molecule has 0 saturated carbocycles. The Kier molecular flexibility index (Phi) is 4.66. The highest BCUT2D eigenvalue weighted by molar-refractivity contribution is 7.09. The lowest BCUT2D eigenvalue weighted by molar-refractivity contribution is 0.777. The summed E-state index contributed by atoms with van der Waals surface area (Å²) in [7, 11) is 1.92. The quantitative estimate of drug-likeness (QED) is 0.867. The van der Waals surface area contributed by atoms with Gasteiger partial charge in [-0.25, -0.2) is 9.97 Å². The van der Waals surface area contributed by atoms with Crippen molar-refractivity contribution in [1.82, 2.24) is 15.3 Å². The molecule has 0 aromatic carbocycles. The van der Waals surface area contributed by atoms with Crippen molar-refractivity contribution in [1.29, 1.82) is 0 Å². The molecule has 0 aliphatic carbocycles. The van der Waals surface area contributed by atoms with Gasteiger partial charge in [0.15, 0.2) is 0 Å². The Bertz CT molecular complexity index is 452. The van der Waals surface area contributed by atoms with Crippen molar-refractivity contribution in [2.24, 2.45) is 0 Å². The van der Waals surface area contributed by atoms with Crippen LogP contribution in [0.3, 0.4) is 0 Å². The minimum atomic E-state index is 0.797. The second-order valence-electron chi connectivity index (χ2n) is 4.02. The number of rotatable bonds is 6. The lowest BCUT2D eigenvalue weighted by Crippen LogP contribution is -2.23. The van der Waals surface area contributed by atoms with Gasteiger partial charge in [-0.1, -0.05) is 6.07 Å². The van der Waals surface area contributed by atoms with Gasteiger partial charge in [-0.2, -0.15) is 0 Å². The summed E-state index contributed by atoms with van der Waals surface area (Å²) < 4.78 is 0. The molecule has 96 valence electrons. The third-order valence-corrected chi connectivity index (χ3v) is 3.53. The Morgan fingerprint density at radius 3 is 2.67 bits per heavy atom.